The molecule has 0 aliphatic carbocycles. The van der Waals surface area contributed by atoms with E-state index in [1.54, 1.807) is 26.0 Å². The summed E-state index contributed by atoms with van der Waals surface area (Å²) < 4.78 is 28.6. The predicted octanol–water partition coefficient (Wildman–Crippen LogP) is 3.19. The Balaban J connectivity index is 3.06. The third-order valence-electron chi connectivity index (χ3n) is 3.71. The van der Waals surface area contributed by atoms with Crippen molar-refractivity contribution in [2.45, 2.75) is 63.8 Å². The van der Waals surface area contributed by atoms with E-state index >= 15 is 0 Å². The van der Waals surface area contributed by atoms with Crippen LogP contribution in [0.3, 0.4) is 0 Å². The van der Waals surface area contributed by atoms with Crippen molar-refractivity contribution in [1.29, 1.82) is 0 Å². The van der Waals surface area contributed by atoms with Gasteiger partial charge in [0.1, 0.15) is 4.90 Å². The fraction of sp³-hybridized carbons (Fsp3) is 0.562. The summed E-state index contributed by atoms with van der Waals surface area (Å²) in [6, 6.07) is 6.84. The van der Waals surface area contributed by atoms with E-state index < -0.39 is 10.1 Å². The van der Waals surface area contributed by atoms with Crippen LogP contribution in [-0.2, 0) is 19.8 Å². The lowest BCUT2D eigenvalue weighted by Gasteiger charge is -2.30. The van der Waals surface area contributed by atoms with E-state index in [0.29, 0.717) is 5.71 Å². The summed E-state index contributed by atoms with van der Waals surface area (Å²) in [4.78, 5) is 0.0977. The van der Waals surface area contributed by atoms with Crippen LogP contribution >= 0.6 is 0 Å². The lowest BCUT2D eigenvalue weighted by Crippen LogP contribution is -2.30. The van der Waals surface area contributed by atoms with Gasteiger partial charge in [0.2, 0.25) is 0 Å². The molecule has 1 aromatic rings. The summed E-state index contributed by atoms with van der Waals surface area (Å²) in [5.74, 6) is 0. The Morgan fingerprint density at radius 1 is 1.32 bits per heavy atom. The second-order valence-electron chi connectivity index (χ2n) is 6.19. The highest BCUT2D eigenvalue weighted by Gasteiger charge is 2.26. The van der Waals surface area contributed by atoms with Gasteiger partial charge in [0.05, 0.1) is 5.71 Å². The maximum Gasteiger partial charge on any atom is 0.358 e. The molecule has 0 saturated carbocycles. The van der Waals surface area contributed by atoms with Gasteiger partial charge in [-0.3, -0.25) is 4.28 Å². The maximum absolute atomic E-state index is 12.0. The fourth-order valence-electron chi connectivity index (χ4n) is 2.37. The van der Waals surface area contributed by atoms with Gasteiger partial charge in [-0.2, -0.15) is 8.42 Å². The molecule has 6 heteroatoms. The van der Waals surface area contributed by atoms with Crippen LogP contribution in [0.4, 0.5) is 0 Å². The molecule has 0 spiro atoms. The van der Waals surface area contributed by atoms with E-state index in [0.717, 1.165) is 18.4 Å². The number of hydrogen-bond acceptors (Lipinski definition) is 5. The summed E-state index contributed by atoms with van der Waals surface area (Å²) >= 11 is 0. The van der Waals surface area contributed by atoms with Gasteiger partial charge in [0, 0.05) is 6.04 Å². The first-order valence-electron chi connectivity index (χ1n) is 7.41. The van der Waals surface area contributed by atoms with Crippen molar-refractivity contribution in [2.24, 2.45) is 10.9 Å². The standard InChI is InChI=1S/C16H26N2O3S/c1-6-16(5,11-13(4)17)14-7-9-15(10-8-14)22(19,20)21-18-12(2)3/h7-10,13H,6,11,17H2,1-5H3. The molecule has 124 valence electrons. The van der Waals surface area contributed by atoms with Crippen LogP contribution in [0.1, 0.15) is 53.0 Å². The van der Waals surface area contributed by atoms with Crippen LogP contribution in [0.15, 0.2) is 34.3 Å². The molecule has 0 heterocycles. The average molecular weight is 326 g/mol. The zero-order valence-corrected chi connectivity index (χ0v) is 14.8. The molecule has 1 aromatic carbocycles. The van der Waals surface area contributed by atoms with Gasteiger partial charge in [0.15, 0.2) is 0 Å². The molecule has 0 aromatic heterocycles. The van der Waals surface area contributed by atoms with E-state index in [2.05, 4.69) is 23.3 Å². The smallest absolute Gasteiger partial charge is 0.328 e. The Morgan fingerprint density at radius 3 is 2.27 bits per heavy atom. The molecule has 0 radical (unpaired) electrons. The van der Waals surface area contributed by atoms with Gasteiger partial charge in [0.25, 0.3) is 0 Å². The minimum Gasteiger partial charge on any atom is -0.328 e. The van der Waals surface area contributed by atoms with Crippen LogP contribution < -0.4 is 5.73 Å². The van der Waals surface area contributed by atoms with Crippen molar-refractivity contribution >= 4 is 15.8 Å². The second-order valence-corrected chi connectivity index (χ2v) is 7.72. The first-order valence-corrected chi connectivity index (χ1v) is 8.82. The van der Waals surface area contributed by atoms with Crippen molar-refractivity contribution in [2.75, 3.05) is 0 Å². The van der Waals surface area contributed by atoms with E-state index in [4.69, 9.17) is 5.73 Å². The van der Waals surface area contributed by atoms with Crippen LogP contribution in [0, 0.1) is 0 Å². The zero-order chi connectivity index (χ0) is 17.0. The molecule has 22 heavy (non-hydrogen) atoms. The van der Waals surface area contributed by atoms with Crippen molar-refractivity contribution < 1.29 is 12.7 Å². The molecule has 0 fully saturated rings. The zero-order valence-electron chi connectivity index (χ0n) is 14.0. The number of rotatable bonds is 7. The number of nitrogens with zero attached hydrogens (tertiary/aromatic N) is 1. The van der Waals surface area contributed by atoms with E-state index in [-0.39, 0.29) is 16.4 Å². The van der Waals surface area contributed by atoms with Crippen molar-refractivity contribution in [3.63, 3.8) is 0 Å². The quantitative estimate of drug-likeness (QED) is 0.616. The summed E-state index contributed by atoms with van der Waals surface area (Å²) in [6.45, 7) is 9.56. The number of hydrogen-bond donors (Lipinski definition) is 1. The number of benzene rings is 1. The molecule has 0 saturated heterocycles. The summed E-state index contributed by atoms with van der Waals surface area (Å²) in [6.07, 6.45) is 1.77. The Labute approximate surface area is 133 Å². The Hall–Kier alpha value is -1.40. The molecule has 0 aliphatic heterocycles. The highest BCUT2D eigenvalue weighted by molar-refractivity contribution is 7.86. The summed E-state index contributed by atoms with van der Waals surface area (Å²) in [5, 5.41) is 3.51. The molecular weight excluding hydrogens is 300 g/mol. The topological polar surface area (TPSA) is 81.8 Å². The number of nitrogens with two attached hydrogens (primary N) is 1. The molecule has 0 amide bonds. The first kappa shape index (κ1) is 18.6. The van der Waals surface area contributed by atoms with Gasteiger partial charge in [-0.15, -0.1) is 0 Å². The second kappa shape index (κ2) is 7.24. The minimum atomic E-state index is -3.86. The molecule has 2 N–H and O–H groups in total. The maximum atomic E-state index is 12.0. The highest BCUT2D eigenvalue weighted by Crippen LogP contribution is 2.32. The Kier molecular flexibility index (Phi) is 6.14. The lowest BCUT2D eigenvalue weighted by atomic mass is 9.75. The van der Waals surface area contributed by atoms with Gasteiger partial charge >= 0.3 is 10.1 Å². The van der Waals surface area contributed by atoms with Crippen molar-refractivity contribution in [3.8, 4) is 0 Å². The molecule has 1 rings (SSSR count). The van der Waals surface area contributed by atoms with E-state index in [1.807, 2.05) is 19.1 Å². The van der Waals surface area contributed by atoms with Gasteiger partial charge in [-0.05, 0) is 56.7 Å². The van der Waals surface area contributed by atoms with E-state index in [9.17, 15) is 8.42 Å². The molecule has 5 nitrogen and oxygen atoms in total. The largest absolute Gasteiger partial charge is 0.358 e. The highest BCUT2D eigenvalue weighted by atomic mass is 32.2. The van der Waals surface area contributed by atoms with Crippen molar-refractivity contribution in [3.05, 3.63) is 29.8 Å². The predicted molar refractivity (Wildman–Crippen MR) is 89.4 cm³/mol. The number of oxime groups is 1. The molecule has 0 aliphatic rings. The van der Waals surface area contributed by atoms with Gasteiger partial charge in [-0.1, -0.05) is 31.1 Å². The molecule has 0 bridgehead atoms. The van der Waals surface area contributed by atoms with Crippen LogP contribution in [-0.4, -0.2) is 20.2 Å². The summed E-state index contributed by atoms with van der Waals surface area (Å²) in [5.41, 5.74) is 7.46. The normalized spacial score (nSPS) is 15.7. The average Bonchev–Trinajstić information content (AvgIpc) is 2.44. The minimum absolute atomic E-state index is 0.0739. The van der Waals surface area contributed by atoms with E-state index in [1.165, 1.54) is 0 Å². The lowest BCUT2D eigenvalue weighted by molar-refractivity contribution is 0.338. The molecule has 2 atom stereocenters. The Morgan fingerprint density at radius 2 is 1.86 bits per heavy atom. The Bertz CT molecular complexity index is 617. The van der Waals surface area contributed by atoms with Crippen LogP contribution in [0.2, 0.25) is 0 Å². The fourth-order valence-corrected chi connectivity index (χ4v) is 3.17. The molecule has 2 unspecified atom stereocenters. The van der Waals surface area contributed by atoms with Gasteiger partial charge in [-0.25, -0.2) is 0 Å². The molecular formula is C16H26N2O3S. The van der Waals surface area contributed by atoms with Crippen LogP contribution in [0.25, 0.3) is 0 Å². The van der Waals surface area contributed by atoms with Crippen molar-refractivity contribution in [1.82, 2.24) is 0 Å². The first-order chi connectivity index (χ1) is 10.1. The SMILES string of the molecule is CCC(C)(CC(C)N)c1ccc(S(=O)(=O)ON=C(C)C)cc1. The van der Waals surface area contributed by atoms with Crippen LogP contribution in [0.5, 0.6) is 0 Å². The van der Waals surface area contributed by atoms with Gasteiger partial charge < -0.3 is 5.73 Å². The third-order valence-corrected chi connectivity index (χ3v) is 4.83. The third kappa shape index (κ3) is 4.81. The summed E-state index contributed by atoms with van der Waals surface area (Å²) in [7, 11) is -3.86. The monoisotopic (exact) mass is 326 g/mol.